The second-order valence-electron chi connectivity index (χ2n) is 4.21. The fourth-order valence-corrected chi connectivity index (χ4v) is 1.80. The minimum Gasteiger partial charge on any atom is -0.423 e. The summed E-state index contributed by atoms with van der Waals surface area (Å²) in [7, 11) is 0. The lowest BCUT2D eigenvalue weighted by molar-refractivity contribution is 0.0730. The number of carbonyl (C=O) groups is 1. The SMILES string of the molecule is O=C(Oc1ccc(-n2ccnn2)cc1)c1ccccc1F. The van der Waals surface area contributed by atoms with E-state index >= 15 is 0 Å². The van der Waals surface area contributed by atoms with Crippen molar-refractivity contribution in [2.24, 2.45) is 0 Å². The van der Waals surface area contributed by atoms with Gasteiger partial charge in [0.1, 0.15) is 11.6 Å². The molecule has 0 saturated carbocycles. The smallest absolute Gasteiger partial charge is 0.346 e. The molecule has 3 aromatic rings. The maximum atomic E-state index is 13.5. The number of aromatic nitrogens is 3. The Kier molecular flexibility index (Phi) is 3.42. The van der Waals surface area contributed by atoms with Crippen LogP contribution in [-0.2, 0) is 0 Å². The summed E-state index contributed by atoms with van der Waals surface area (Å²) >= 11 is 0. The molecule has 0 aliphatic rings. The fourth-order valence-electron chi connectivity index (χ4n) is 1.80. The number of rotatable bonds is 3. The summed E-state index contributed by atoms with van der Waals surface area (Å²) in [5.41, 5.74) is 0.677. The summed E-state index contributed by atoms with van der Waals surface area (Å²) in [6, 6.07) is 12.3. The van der Waals surface area contributed by atoms with Crippen molar-refractivity contribution in [3.63, 3.8) is 0 Å². The van der Waals surface area contributed by atoms with Gasteiger partial charge < -0.3 is 4.74 Å². The van der Waals surface area contributed by atoms with Crippen LogP contribution in [-0.4, -0.2) is 21.0 Å². The Hall–Kier alpha value is -3.02. The molecule has 5 nitrogen and oxygen atoms in total. The van der Waals surface area contributed by atoms with Crippen molar-refractivity contribution in [1.29, 1.82) is 0 Å². The van der Waals surface area contributed by atoms with Crippen LogP contribution in [0.5, 0.6) is 5.75 Å². The number of esters is 1. The molecule has 0 aliphatic heterocycles. The zero-order valence-corrected chi connectivity index (χ0v) is 10.8. The van der Waals surface area contributed by atoms with Crippen molar-refractivity contribution in [1.82, 2.24) is 15.0 Å². The van der Waals surface area contributed by atoms with Crippen LogP contribution in [0.25, 0.3) is 5.69 Å². The van der Waals surface area contributed by atoms with Crippen molar-refractivity contribution in [2.75, 3.05) is 0 Å². The molecule has 2 aromatic carbocycles. The van der Waals surface area contributed by atoms with Crippen LogP contribution in [0, 0.1) is 5.82 Å². The van der Waals surface area contributed by atoms with Gasteiger partial charge in [-0.1, -0.05) is 17.3 Å². The molecule has 0 bridgehead atoms. The number of carbonyl (C=O) groups excluding carboxylic acids is 1. The molecule has 0 unspecified atom stereocenters. The third-order valence-electron chi connectivity index (χ3n) is 2.83. The molecule has 6 heteroatoms. The molecule has 0 amide bonds. The van der Waals surface area contributed by atoms with Crippen LogP contribution in [0.1, 0.15) is 10.4 Å². The van der Waals surface area contributed by atoms with Gasteiger partial charge in [0.2, 0.25) is 0 Å². The Balaban J connectivity index is 1.77. The van der Waals surface area contributed by atoms with Gasteiger partial charge in [-0.15, -0.1) is 5.10 Å². The second kappa shape index (κ2) is 5.54. The van der Waals surface area contributed by atoms with Crippen molar-refractivity contribution in [2.45, 2.75) is 0 Å². The van der Waals surface area contributed by atoms with Crippen molar-refractivity contribution >= 4 is 5.97 Å². The van der Waals surface area contributed by atoms with Crippen LogP contribution in [0.3, 0.4) is 0 Å². The maximum Gasteiger partial charge on any atom is 0.346 e. The highest BCUT2D eigenvalue weighted by Crippen LogP contribution is 2.17. The highest BCUT2D eigenvalue weighted by atomic mass is 19.1. The predicted molar refractivity (Wildman–Crippen MR) is 72.7 cm³/mol. The van der Waals surface area contributed by atoms with Gasteiger partial charge in [-0.2, -0.15) is 0 Å². The molecule has 0 radical (unpaired) electrons. The van der Waals surface area contributed by atoms with Gasteiger partial charge in [-0.25, -0.2) is 13.9 Å². The van der Waals surface area contributed by atoms with Gasteiger partial charge in [0.05, 0.1) is 23.6 Å². The van der Waals surface area contributed by atoms with E-state index in [9.17, 15) is 9.18 Å². The first-order valence-electron chi connectivity index (χ1n) is 6.17. The number of nitrogens with zero attached hydrogens (tertiary/aromatic N) is 3. The molecular formula is C15H10FN3O2. The standard InChI is InChI=1S/C15H10FN3O2/c16-14-4-2-1-3-13(14)15(20)21-12-7-5-11(6-8-12)19-10-9-17-18-19/h1-10H. The molecular weight excluding hydrogens is 273 g/mol. The van der Waals surface area contributed by atoms with E-state index < -0.39 is 11.8 Å². The van der Waals surface area contributed by atoms with Gasteiger partial charge in [-0.3, -0.25) is 0 Å². The summed E-state index contributed by atoms with van der Waals surface area (Å²) in [4.78, 5) is 11.9. The topological polar surface area (TPSA) is 57.0 Å². The van der Waals surface area contributed by atoms with E-state index in [1.165, 1.54) is 18.2 Å². The minimum absolute atomic E-state index is 0.0992. The van der Waals surface area contributed by atoms with E-state index in [4.69, 9.17) is 4.74 Å². The average molecular weight is 283 g/mol. The molecule has 1 aromatic heterocycles. The molecule has 21 heavy (non-hydrogen) atoms. The summed E-state index contributed by atoms with van der Waals surface area (Å²) < 4.78 is 20.2. The van der Waals surface area contributed by atoms with E-state index in [0.717, 1.165) is 5.69 Å². The minimum atomic E-state index is -0.735. The number of hydrogen-bond acceptors (Lipinski definition) is 4. The summed E-state index contributed by atoms with van der Waals surface area (Å²) in [5.74, 6) is -1.02. The summed E-state index contributed by atoms with van der Waals surface area (Å²) in [6.45, 7) is 0. The maximum absolute atomic E-state index is 13.5. The number of ether oxygens (including phenoxy) is 1. The van der Waals surface area contributed by atoms with Gasteiger partial charge in [0.25, 0.3) is 0 Å². The Labute approximate surface area is 119 Å². The molecule has 0 aliphatic carbocycles. The lowest BCUT2D eigenvalue weighted by Gasteiger charge is -2.06. The van der Waals surface area contributed by atoms with Crippen molar-refractivity contribution in [3.8, 4) is 11.4 Å². The average Bonchev–Trinajstić information content (AvgIpc) is 3.02. The molecule has 0 saturated heterocycles. The number of benzene rings is 2. The summed E-state index contributed by atoms with van der Waals surface area (Å²) in [6.07, 6.45) is 3.26. The Morgan fingerprint density at radius 3 is 2.52 bits per heavy atom. The van der Waals surface area contributed by atoms with Crippen LogP contribution < -0.4 is 4.74 Å². The lowest BCUT2D eigenvalue weighted by Crippen LogP contribution is -2.10. The van der Waals surface area contributed by atoms with Crippen LogP contribution >= 0.6 is 0 Å². The molecule has 0 fully saturated rings. The normalized spacial score (nSPS) is 10.3. The number of halogens is 1. The number of hydrogen-bond donors (Lipinski definition) is 0. The first-order chi connectivity index (χ1) is 10.2. The lowest BCUT2D eigenvalue weighted by atomic mass is 10.2. The molecule has 0 atom stereocenters. The Morgan fingerprint density at radius 1 is 1.10 bits per heavy atom. The third kappa shape index (κ3) is 2.79. The Bertz CT molecular complexity index is 755. The van der Waals surface area contributed by atoms with Crippen LogP contribution in [0.15, 0.2) is 60.9 Å². The van der Waals surface area contributed by atoms with E-state index in [-0.39, 0.29) is 5.56 Å². The van der Waals surface area contributed by atoms with Gasteiger partial charge >= 0.3 is 5.97 Å². The van der Waals surface area contributed by atoms with E-state index in [2.05, 4.69) is 10.3 Å². The quantitative estimate of drug-likeness (QED) is 0.547. The fraction of sp³-hybridized carbons (Fsp3) is 0. The van der Waals surface area contributed by atoms with Crippen molar-refractivity contribution < 1.29 is 13.9 Å². The zero-order chi connectivity index (χ0) is 14.7. The first kappa shape index (κ1) is 13.0. The van der Waals surface area contributed by atoms with Crippen molar-refractivity contribution in [3.05, 3.63) is 72.3 Å². The van der Waals surface area contributed by atoms with Crippen LogP contribution in [0.4, 0.5) is 4.39 Å². The van der Waals surface area contributed by atoms with Gasteiger partial charge in [-0.05, 0) is 36.4 Å². The predicted octanol–water partition coefficient (Wildman–Crippen LogP) is 2.63. The van der Waals surface area contributed by atoms with E-state index in [1.807, 2.05) is 0 Å². The molecule has 104 valence electrons. The van der Waals surface area contributed by atoms with Crippen LogP contribution in [0.2, 0.25) is 0 Å². The molecule has 1 heterocycles. The molecule has 0 spiro atoms. The second-order valence-corrected chi connectivity index (χ2v) is 4.21. The third-order valence-corrected chi connectivity index (χ3v) is 2.83. The molecule has 0 N–H and O–H groups in total. The highest BCUT2D eigenvalue weighted by Gasteiger charge is 2.13. The Morgan fingerprint density at radius 2 is 1.86 bits per heavy atom. The van der Waals surface area contributed by atoms with E-state index in [0.29, 0.717) is 5.75 Å². The zero-order valence-electron chi connectivity index (χ0n) is 10.8. The summed E-state index contributed by atoms with van der Waals surface area (Å²) in [5, 5.41) is 7.55. The molecule has 3 rings (SSSR count). The van der Waals surface area contributed by atoms with Gasteiger partial charge in [0, 0.05) is 0 Å². The largest absolute Gasteiger partial charge is 0.423 e. The monoisotopic (exact) mass is 283 g/mol. The van der Waals surface area contributed by atoms with E-state index in [1.54, 1.807) is 47.4 Å². The first-order valence-corrected chi connectivity index (χ1v) is 6.17. The highest BCUT2D eigenvalue weighted by molar-refractivity contribution is 5.91. The van der Waals surface area contributed by atoms with Gasteiger partial charge in [0.15, 0.2) is 0 Å².